The lowest BCUT2D eigenvalue weighted by atomic mass is 10.1. The third-order valence-electron chi connectivity index (χ3n) is 7.10. The first-order chi connectivity index (χ1) is 16.1. The molecule has 0 amide bonds. The van der Waals surface area contributed by atoms with Gasteiger partial charge in [0, 0.05) is 42.1 Å². The second-order valence-corrected chi connectivity index (χ2v) is 9.26. The molecule has 0 saturated carbocycles. The molecule has 2 aliphatic heterocycles. The summed E-state index contributed by atoms with van der Waals surface area (Å²) in [5.74, 6) is 0.661. The molecule has 0 spiro atoms. The van der Waals surface area contributed by atoms with Crippen LogP contribution in [0.25, 0.3) is 16.5 Å². The summed E-state index contributed by atoms with van der Waals surface area (Å²) < 4.78 is 7.36. The summed E-state index contributed by atoms with van der Waals surface area (Å²) in [6, 6.07) is 16.4. The number of aliphatic hydroxyl groups excluding tert-OH is 1. The van der Waals surface area contributed by atoms with Crippen LogP contribution >= 0.6 is 0 Å². The number of aromatic nitrogens is 1. The highest BCUT2D eigenvalue weighted by molar-refractivity contribution is 5.83. The van der Waals surface area contributed by atoms with Crippen molar-refractivity contribution >= 4 is 16.5 Å². The van der Waals surface area contributed by atoms with Gasteiger partial charge in [0.05, 0.1) is 6.10 Å². The summed E-state index contributed by atoms with van der Waals surface area (Å²) in [7, 11) is 0. The zero-order valence-corrected chi connectivity index (χ0v) is 19.3. The van der Waals surface area contributed by atoms with Gasteiger partial charge in [-0.15, -0.1) is 0 Å². The molecule has 2 aliphatic rings. The molecule has 2 saturated heterocycles. The van der Waals surface area contributed by atoms with Crippen LogP contribution in [0.15, 0.2) is 59.5 Å². The Morgan fingerprint density at radius 2 is 1.79 bits per heavy atom. The fourth-order valence-electron chi connectivity index (χ4n) is 5.03. The molecule has 5 rings (SSSR count). The predicted molar refractivity (Wildman–Crippen MR) is 133 cm³/mol. The monoisotopic (exact) mass is 447 g/mol. The van der Waals surface area contributed by atoms with E-state index < -0.39 is 6.10 Å². The molecule has 3 aromatic rings. The van der Waals surface area contributed by atoms with E-state index in [1.807, 2.05) is 37.4 Å². The molecule has 6 nitrogen and oxygen atoms in total. The second kappa shape index (κ2) is 9.57. The fourth-order valence-corrected chi connectivity index (χ4v) is 5.03. The summed E-state index contributed by atoms with van der Waals surface area (Å²) in [6.45, 7) is 6.85. The number of anilines is 1. The van der Waals surface area contributed by atoms with Crippen molar-refractivity contribution in [3.63, 3.8) is 0 Å². The number of likely N-dealkylation sites (tertiary alicyclic amines) is 1. The largest absolute Gasteiger partial charge is 0.491 e. The third-order valence-corrected chi connectivity index (χ3v) is 7.10. The summed E-state index contributed by atoms with van der Waals surface area (Å²) in [5.41, 5.74) is 2.05. The van der Waals surface area contributed by atoms with Crippen LogP contribution < -0.4 is 15.2 Å². The number of benzene rings is 2. The van der Waals surface area contributed by atoms with E-state index in [0.29, 0.717) is 23.6 Å². The maximum absolute atomic E-state index is 13.1. The van der Waals surface area contributed by atoms with Gasteiger partial charge in [-0.3, -0.25) is 14.3 Å². The Labute approximate surface area is 195 Å². The third kappa shape index (κ3) is 4.63. The first kappa shape index (κ1) is 22.0. The summed E-state index contributed by atoms with van der Waals surface area (Å²) in [5, 5.41) is 11.2. The molecule has 0 radical (unpaired) electrons. The number of nitrogens with zero attached hydrogens (tertiary/aromatic N) is 3. The summed E-state index contributed by atoms with van der Waals surface area (Å²) in [6.07, 6.45) is 5.89. The highest BCUT2D eigenvalue weighted by Gasteiger charge is 2.29. The van der Waals surface area contributed by atoms with E-state index in [-0.39, 0.29) is 12.2 Å². The molecule has 2 aromatic carbocycles. The Hall–Kier alpha value is -2.83. The lowest BCUT2D eigenvalue weighted by Crippen LogP contribution is -2.35. The van der Waals surface area contributed by atoms with Crippen molar-refractivity contribution in [2.24, 2.45) is 0 Å². The van der Waals surface area contributed by atoms with Crippen LogP contribution in [-0.4, -0.2) is 59.5 Å². The number of ether oxygens (including phenoxy) is 1. The predicted octanol–water partition coefficient (Wildman–Crippen LogP) is 3.81. The van der Waals surface area contributed by atoms with E-state index in [0.717, 1.165) is 24.2 Å². The minimum atomic E-state index is -0.483. The van der Waals surface area contributed by atoms with Gasteiger partial charge >= 0.3 is 0 Å². The van der Waals surface area contributed by atoms with E-state index >= 15 is 0 Å². The van der Waals surface area contributed by atoms with Crippen LogP contribution in [0, 0.1) is 0 Å². The lowest BCUT2D eigenvalue weighted by Gasteiger charge is -2.24. The van der Waals surface area contributed by atoms with Crippen LogP contribution in [0.3, 0.4) is 0 Å². The normalized spacial score (nSPS) is 19.9. The Kier molecular flexibility index (Phi) is 6.38. The minimum Gasteiger partial charge on any atom is -0.491 e. The van der Waals surface area contributed by atoms with Gasteiger partial charge in [0.25, 0.3) is 5.56 Å². The van der Waals surface area contributed by atoms with Gasteiger partial charge in [0.15, 0.2) is 0 Å². The van der Waals surface area contributed by atoms with Gasteiger partial charge in [-0.2, -0.15) is 0 Å². The van der Waals surface area contributed by atoms with Crippen LogP contribution in [0.2, 0.25) is 0 Å². The molecule has 1 aromatic heterocycles. The maximum atomic E-state index is 13.1. The number of fused-ring (bicyclic) bond motifs is 1. The minimum absolute atomic E-state index is 0.0457. The van der Waals surface area contributed by atoms with Crippen molar-refractivity contribution in [3.05, 3.63) is 65.1 Å². The number of aliphatic hydroxyl groups is 1. The summed E-state index contributed by atoms with van der Waals surface area (Å²) >= 11 is 0. The van der Waals surface area contributed by atoms with Crippen molar-refractivity contribution in [3.8, 4) is 11.4 Å². The van der Waals surface area contributed by atoms with E-state index in [4.69, 9.17) is 4.74 Å². The topological polar surface area (TPSA) is 57.9 Å². The highest BCUT2D eigenvalue weighted by atomic mass is 16.5. The standard InChI is InChI=1S/C27H33N3O3/c1-2-24(31)19-33-25-9-10-26-20(17-25)11-16-30(27(26)32)22-7-5-21(6-8-22)29-15-12-23(18-29)28-13-3-4-14-28/h5-11,16-17,23-24,31H,2-4,12-15,18-19H2,1H3/t23-,24+/m1/s1. The molecule has 33 heavy (non-hydrogen) atoms. The first-order valence-corrected chi connectivity index (χ1v) is 12.2. The molecule has 6 heteroatoms. The molecule has 174 valence electrons. The van der Waals surface area contributed by atoms with Gasteiger partial charge in [0.2, 0.25) is 0 Å². The molecular formula is C27H33N3O3. The first-order valence-electron chi connectivity index (χ1n) is 12.2. The fraction of sp³-hybridized carbons (Fsp3) is 0.444. The Balaban J connectivity index is 1.31. The molecule has 2 atom stereocenters. The van der Waals surface area contributed by atoms with Gasteiger partial charge in [0.1, 0.15) is 12.4 Å². The Bertz CT molecular complexity index is 1150. The van der Waals surface area contributed by atoms with E-state index in [1.165, 1.54) is 38.0 Å². The van der Waals surface area contributed by atoms with Crippen LogP contribution in [0.1, 0.15) is 32.6 Å². The number of hydrogen-bond acceptors (Lipinski definition) is 5. The van der Waals surface area contributed by atoms with Crippen molar-refractivity contribution in [1.29, 1.82) is 0 Å². The number of pyridine rings is 1. The quantitative estimate of drug-likeness (QED) is 0.597. The van der Waals surface area contributed by atoms with Gasteiger partial charge in [-0.1, -0.05) is 6.92 Å². The smallest absolute Gasteiger partial charge is 0.262 e. The number of hydrogen-bond donors (Lipinski definition) is 1. The van der Waals surface area contributed by atoms with Gasteiger partial charge in [-0.25, -0.2) is 0 Å². The molecule has 0 unspecified atom stereocenters. The average molecular weight is 448 g/mol. The lowest BCUT2D eigenvalue weighted by molar-refractivity contribution is 0.104. The Morgan fingerprint density at radius 1 is 1.03 bits per heavy atom. The van der Waals surface area contributed by atoms with Crippen LogP contribution in [0.4, 0.5) is 5.69 Å². The Morgan fingerprint density at radius 3 is 2.55 bits per heavy atom. The second-order valence-electron chi connectivity index (χ2n) is 9.26. The van der Waals surface area contributed by atoms with Crippen LogP contribution in [0.5, 0.6) is 5.75 Å². The molecule has 2 fully saturated rings. The number of rotatable bonds is 7. The summed E-state index contributed by atoms with van der Waals surface area (Å²) in [4.78, 5) is 18.3. The zero-order valence-electron chi connectivity index (χ0n) is 19.3. The van der Waals surface area contributed by atoms with Crippen LogP contribution in [-0.2, 0) is 0 Å². The average Bonchev–Trinajstić information content (AvgIpc) is 3.55. The van der Waals surface area contributed by atoms with E-state index in [9.17, 15) is 9.90 Å². The zero-order chi connectivity index (χ0) is 22.8. The molecule has 0 bridgehead atoms. The molecule has 3 heterocycles. The highest BCUT2D eigenvalue weighted by Crippen LogP contribution is 2.26. The SMILES string of the molecule is CC[C@H](O)COc1ccc2c(=O)n(-c3ccc(N4CC[C@@H](N5CCCC5)C4)cc3)ccc2c1. The van der Waals surface area contributed by atoms with Crippen molar-refractivity contribution in [2.75, 3.05) is 37.7 Å². The van der Waals surface area contributed by atoms with Gasteiger partial charge < -0.3 is 14.7 Å². The van der Waals surface area contributed by atoms with E-state index in [2.05, 4.69) is 21.9 Å². The van der Waals surface area contributed by atoms with E-state index in [1.54, 1.807) is 16.7 Å². The molecular weight excluding hydrogens is 414 g/mol. The van der Waals surface area contributed by atoms with Crippen molar-refractivity contribution in [1.82, 2.24) is 9.47 Å². The van der Waals surface area contributed by atoms with Crippen molar-refractivity contribution < 1.29 is 9.84 Å². The molecule has 1 N–H and O–H groups in total. The molecule has 0 aliphatic carbocycles. The maximum Gasteiger partial charge on any atom is 0.262 e. The van der Waals surface area contributed by atoms with Gasteiger partial charge in [-0.05, 0) is 92.7 Å². The van der Waals surface area contributed by atoms with Crippen molar-refractivity contribution in [2.45, 2.75) is 44.8 Å².